The van der Waals surface area contributed by atoms with Crippen LogP contribution in [-0.4, -0.2) is 16.7 Å². The normalized spacial score (nSPS) is 12.3. The summed E-state index contributed by atoms with van der Waals surface area (Å²) < 4.78 is 5.70. The van der Waals surface area contributed by atoms with Gasteiger partial charge < -0.3 is 9.84 Å². The number of fused-ring (bicyclic) bond motifs is 1. The van der Waals surface area contributed by atoms with Gasteiger partial charge in [0.15, 0.2) is 0 Å². The smallest absolute Gasteiger partial charge is 0.121 e. The second kappa shape index (κ2) is 5.94. The molecule has 0 radical (unpaired) electrons. The molecule has 0 bridgehead atoms. The largest absolute Gasteiger partial charge is 0.490 e. The minimum absolute atomic E-state index is 0.225. The highest BCUT2D eigenvalue weighted by molar-refractivity contribution is 5.79. The van der Waals surface area contributed by atoms with Crippen molar-refractivity contribution in [3.8, 4) is 5.75 Å². The highest BCUT2D eigenvalue weighted by Gasteiger charge is 2.10. The summed E-state index contributed by atoms with van der Waals surface area (Å²) in [6.07, 6.45) is 1.12. The molecule has 3 heteroatoms. The fourth-order valence-corrected chi connectivity index (χ4v) is 2.36. The topological polar surface area (TPSA) is 42.4 Å². The molecule has 21 heavy (non-hydrogen) atoms. The molecule has 1 aromatic heterocycles. The molecule has 0 amide bonds. The average molecular weight is 279 g/mol. The van der Waals surface area contributed by atoms with Gasteiger partial charge in [0.2, 0.25) is 0 Å². The van der Waals surface area contributed by atoms with Gasteiger partial charge in [-0.15, -0.1) is 0 Å². The van der Waals surface area contributed by atoms with Crippen LogP contribution in [0.3, 0.4) is 0 Å². The highest BCUT2D eigenvalue weighted by atomic mass is 16.5. The molecule has 0 saturated heterocycles. The lowest BCUT2D eigenvalue weighted by Crippen LogP contribution is -2.10. The van der Waals surface area contributed by atoms with Gasteiger partial charge in [-0.1, -0.05) is 30.3 Å². The fraction of sp³-hybridized carbons (Fsp3) is 0.167. The third-order valence-electron chi connectivity index (χ3n) is 3.53. The quantitative estimate of drug-likeness (QED) is 0.792. The predicted octanol–water partition coefficient (Wildman–Crippen LogP) is 3.66. The fourth-order valence-electron chi connectivity index (χ4n) is 2.36. The number of aryl methyl sites for hydroxylation is 1. The molecule has 0 saturated carbocycles. The number of pyridine rings is 1. The maximum Gasteiger partial charge on any atom is 0.121 e. The standard InChI is InChI=1S/C18H17NO2/c1-13-5-2-3-7-16(13)18(20)12-21-15-9-8-14-6-4-10-19-17(14)11-15/h2-11,18,20H,12H2,1H3. The summed E-state index contributed by atoms with van der Waals surface area (Å²) in [4.78, 5) is 4.30. The van der Waals surface area contributed by atoms with E-state index in [1.807, 2.05) is 61.5 Å². The van der Waals surface area contributed by atoms with Crippen molar-refractivity contribution in [2.75, 3.05) is 6.61 Å². The molecule has 0 aliphatic carbocycles. The number of hydrogen-bond donors (Lipinski definition) is 1. The van der Waals surface area contributed by atoms with Gasteiger partial charge in [0.25, 0.3) is 0 Å². The molecule has 3 nitrogen and oxygen atoms in total. The monoisotopic (exact) mass is 279 g/mol. The lowest BCUT2D eigenvalue weighted by Gasteiger charge is -2.15. The zero-order valence-electron chi connectivity index (χ0n) is 11.9. The Morgan fingerprint density at radius 3 is 2.81 bits per heavy atom. The first-order valence-corrected chi connectivity index (χ1v) is 6.95. The van der Waals surface area contributed by atoms with Gasteiger partial charge in [-0.05, 0) is 36.2 Å². The molecule has 0 aliphatic rings. The van der Waals surface area contributed by atoms with Crippen LogP contribution in [0, 0.1) is 6.92 Å². The zero-order valence-corrected chi connectivity index (χ0v) is 11.9. The van der Waals surface area contributed by atoms with E-state index in [1.54, 1.807) is 6.20 Å². The van der Waals surface area contributed by atoms with Crippen LogP contribution >= 0.6 is 0 Å². The van der Waals surface area contributed by atoms with Crippen LogP contribution in [0.1, 0.15) is 17.2 Å². The van der Waals surface area contributed by atoms with Crippen molar-refractivity contribution in [1.29, 1.82) is 0 Å². The van der Waals surface area contributed by atoms with E-state index < -0.39 is 6.10 Å². The molecule has 2 aromatic carbocycles. The third-order valence-corrected chi connectivity index (χ3v) is 3.53. The number of aromatic nitrogens is 1. The van der Waals surface area contributed by atoms with E-state index in [-0.39, 0.29) is 6.61 Å². The predicted molar refractivity (Wildman–Crippen MR) is 83.4 cm³/mol. The lowest BCUT2D eigenvalue weighted by atomic mass is 10.0. The van der Waals surface area contributed by atoms with E-state index in [0.717, 1.165) is 22.0 Å². The summed E-state index contributed by atoms with van der Waals surface area (Å²) in [5, 5.41) is 11.3. The maximum atomic E-state index is 10.2. The van der Waals surface area contributed by atoms with Crippen molar-refractivity contribution in [3.05, 3.63) is 71.9 Å². The molecule has 3 rings (SSSR count). The van der Waals surface area contributed by atoms with Gasteiger partial charge in [-0.3, -0.25) is 4.98 Å². The number of aliphatic hydroxyl groups excluding tert-OH is 1. The van der Waals surface area contributed by atoms with Gasteiger partial charge in [-0.25, -0.2) is 0 Å². The van der Waals surface area contributed by atoms with E-state index in [1.165, 1.54) is 0 Å². The summed E-state index contributed by atoms with van der Waals surface area (Å²) in [5.74, 6) is 0.717. The van der Waals surface area contributed by atoms with Crippen LogP contribution in [0.2, 0.25) is 0 Å². The molecule has 1 heterocycles. The Morgan fingerprint density at radius 2 is 1.95 bits per heavy atom. The van der Waals surface area contributed by atoms with E-state index in [0.29, 0.717) is 5.75 Å². The van der Waals surface area contributed by atoms with Crippen molar-refractivity contribution in [2.24, 2.45) is 0 Å². The van der Waals surface area contributed by atoms with Gasteiger partial charge in [0.05, 0.1) is 5.52 Å². The Balaban J connectivity index is 1.73. The van der Waals surface area contributed by atoms with Gasteiger partial charge in [-0.2, -0.15) is 0 Å². The highest BCUT2D eigenvalue weighted by Crippen LogP contribution is 2.22. The molecule has 1 N–H and O–H groups in total. The Hall–Kier alpha value is -2.39. The number of rotatable bonds is 4. The van der Waals surface area contributed by atoms with Crippen molar-refractivity contribution in [3.63, 3.8) is 0 Å². The van der Waals surface area contributed by atoms with Gasteiger partial charge in [0, 0.05) is 17.6 Å². The molecule has 1 atom stereocenters. The van der Waals surface area contributed by atoms with Crippen LogP contribution in [0.15, 0.2) is 60.8 Å². The first-order valence-electron chi connectivity index (χ1n) is 6.95. The molecule has 0 fully saturated rings. The summed E-state index contributed by atoms with van der Waals surface area (Å²) in [6, 6.07) is 17.5. The van der Waals surface area contributed by atoms with E-state index in [4.69, 9.17) is 4.74 Å². The van der Waals surface area contributed by atoms with Crippen LogP contribution in [0.5, 0.6) is 5.75 Å². The molecule has 3 aromatic rings. The Kier molecular flexibility index (Phi) is 3.84. The third kappa shape index (κ3) is 3.03. The van der Waals surface area contributed by atoms with Crippen LogP contribution < -0.4 is 4.74 Å². The van der Waals surface area contributed by atoms with Gasteiger partial charge in [0.1, 0.15) is 18.5 Å². The number of ether oxygens (including phenoxy) is 1. The van der Waals surface area contributed by atoms with Crippen LogP contribution in [0.25, 0.3) is 10.9 Å². The molecule has 1 unspecified atom stereocenters. The average Bonchev–Trinajstić information content (AvgIpc) is 2.53. The van der Waals surface area contributed by atoms with E-state index in [2.05, 4.69) is 4.98 Å². The molecular formula is C18H17NO2. The number of nitrogens with zero attached hydrogens (tertiary/aromatic N) is 1. The summed E-state index contributed by atoms with van der Waals surface area (Å²) in [7, 11) is 0. The zero-order chi connectivity index (χ0) is 14.7. The summed E-state index contributed by atoms with van der Waals surface area (Å²) in [6.45, 7) is 2.21. The summed E-state index contributed by atoms with van der Waals surface area (Å²) in [5.41, 5.74) is 2.85. The minimum atomic E-state index is -0.634. The first-order chi connectivity index (χ1) is 10.2. The molecule has 0 spiro atoms. The Labute approximate surface area is 123 Å². The lowest BCUT2D eigenvalue weighted by molar-refractivity contribution is 0.108. The van der Waals surface area contributed by atoms with Crippen LogP contribution in [-0.2, 0) is 0 Å². The number of hydrogen-bond acceptors (Lipinski definition) is 3. The van der Waals surface area contributed by atoms with Crippen LogP contribution in [0.4, 0.5) is 0 Å². The summed E-state index contributed by atoms with van der Waals surface area (Å²) >= 11 is 0. The second-order valence-corrected chi connectivity index (χ2v) is 5.04. The second-order valence-electron chi connectivity index (χ2n) is 5.04. The maximum absolute atomic E-state index is 10.2. The molecular weight excluding hydrogens is 262 g/mol. The number of aliphatic hydroxyl groups is 1. The first kappa shape index (κ1) is 13.6. The molecule has 0 aliphatic heterocycles. The number of benzene rings is 2. The van der Waals surface area contributed by atoms with Crippen molar-refractivity contribution >= 4 is 10.9 Å². The van der Waals surface area contributed by atoms with E-state index >= 15 is 0 Å². The Bertz CT molecular complexity index is 755. The molecule has 106 valence electrons. The Morgan fingerprint density at radius 1 is 1.10 bits per heavy atom. The van der Waals surface area contributed by atoms with E-state index in [9.17, 15) is 5.11 Å². The van der Waals surface area contributed by atoms with Crippen molar-refractivity contribution < 1.29 is 9.84 Å². The SMILES string of the molecule is Cc1ccccc1C(O)COc1ccc2cccnc2c1. The van der Waals surface area contributed by atoms with Gasteiger partial charge >= 0.3 is 0 Å². The van der Waals surface area contributed by atoms with Crippen molar-refractivity contribution in [1.82, 2.24) is 4.98 Å². The van der Waals surface area contributed by atoms with Crippen molar-refractivity contribution in [2.45, 2.75) is 13.0 Å². The minimum Gasteiger partial charge on any atom is -0.490 e.